The summed E-state index contributed by atoms with van der Waals surface area (Å²) in [6.07, 6.45) is 5.15. The highest BCUT2D eigenvalue weighted by atomic mass is 15.2. The molecular formula is C14H17N3. The summed E-state index contributed by atoms with van der Waals surface area (Å²) >= 11 is 0. The molecule has 1 N–H and O–H groups in total. The van der Waals surface area contributed by atoms with Gasteiger partial charge in [0.05, 0.1) is 28.5 Å². The zero-order valence-electron chi connectivity index (χ0n) is 10.2. The fourth-order valence-electron chi connectivity index (χ4n) is 3.21. The van der Waals surface area contributed by atoms with Crippen LogP contribution in [-0.4, -0.2) is 19.1 Å². The van der Waals surface area contributed by atoms with Gasteiger partial charge in [0.15, 0.2) is 0 Å². The predicted octanol–water partition coefficient (Wildman–Crippen LogP) is 2.73. The van der Waals surface area contributed by atoms with Gasteiger partial charge in [-0.1, -0.05) is 12.8 Å². The summed E-state index contributed by atoms with van der Waals surface area (Å²) in [5.74, 6) is 0. The largest absolute Gasteiger partial charge is 0.381 e. The average molecular weight is 227 g/mol. The molecule has 1 spiro atoms. The van der Waals surface area contributed by atoms with Gasteiger partial charge in [-0.25, -0.2) is 0 Å². The summed E-state index contributed by atoms with van der Waals surface area (Å²) in [6, 6.07) is 8.13. The number of benzene rings is 1. The van der Waals surface area contributed by atoms with Crippen LogP contribution in [0.2, 0.25) is 0 Å². The third-order valence-corrected chi connectivity index (χ3v) is 4.34. The minimum Gasteiger partial charge on any atom is -0.381 e. The summed E-state index contributed by atoms with van der Waals surface area (Å²) in [4.78, 5) is 2.40. The number of likely N-dealkylation sites (N-methyl/N-ethyl adjacent to an activating group) is 1. The van der Waals surface area contributed by atoms with E-state index in [1.54, 1.807) is 0 Å². The van der Waals surface area contributed by atoms with Crippen LogP contribution in [0.15, 0.2) is 18.2 Å². The second kappa shape index (κ2) is 3.66. The highest BCUT2D eigenvalue weighted by Crippen LogP contribution is 2.43. The molecule has 2 aliphatic rings. The highest BCUT2D eigenvalue weighted by Gasteiger charge is 2.41. The van der Waals surface area contributed by atoms with E-state index in [9.17, 15) is 0 Å². The first kappa shape index (κ1) is 10.5. The summed E-state index contributed by atoms with van der Waals surface area (Å²) in [5.41, 5.74) is 3.36. The van der Waals surface area contributed by atoms with Crippen molar-refractivity contribution in [1.29, 1.82) is 5.26 Å². The van der Waals surface area contributed by atoms with E-state index >= 15 is 0 Å². The van der Waals surface area contributed by atoms with Crippen LogP contribution in [0.3, 0.4) is 0 Å². The molecule has 1 aromatic carbocycles. The fraction of sp³-hybridized carbons (Fsp3) is 0.500. The van der Waals surface area contributed by atoms with Gasteiger partial charge in [-0.15, -0.1) is 0 Å². The van der Waals surface area contributed by atoms with E-state index in [1.807, 2.05) is 18.2 Å². The molecule has 0 radical (unpaired) electrons. The average Bonchev–Trinajstić information content (AvgIpc) is 2.84. The summed E-state index contributed by atoms with van der Waals surface area (Å²) in [6.45, 7) is 1.03. The first-order valence-electron chi connectivity index (χ1n) is 6.27. The number of fused-ring (bicyclic) bond motifs is 1. The first-order chi connectivity index (χ1) is 8.25. The van der Waals surface area contributed by atoms with Crippen molar-refractivity contribution >= 4 is 11.4 Å². The summed E-state index contributed by atoms with van der Waals surface area (Å²) in [7, 11) is 2.17. The third-order valence-electron chi connectivity index (χ3n) is 4.34. The zero-order valence-corrected chi connectivity index (χ0v) is 10.2. The number of hydrogen-bond donors (Lipinski definition) is 1. The van der Waals surface area contributed by atoms with Crippen LogP contribution >= 0.6 is 0 Å². The topological polar surface area (TPSA) is 39.1 Å². The maximum atomic E-state index is 8.99. The van der Waals surface area contributed by atoms with Crippen LogP contribution in [-0.2, 0) is 0 Å². The molecule has 0 amide bonds. The number of anilines is 2. The quantitative estimate of drug-likeness (QED) is 0.740. The fourth-order valence-corrected chi connectivity index (χ4v) is 3.21. The van der Waals surface area contributed by atoms with E-state index in [2.05, 4.69) is 23.3 Å². The molecule has 0 saturated heterocycles. The second-order valence-electron chi connectivity index (χ2n) is 5.19. The van der Waals surface area contributed by atoms with E-state index in [0.29, 0.717) is 0 Å². The second-order valence-corrected chi connectivity index (χ2v) is 5.19. The number of nitriles is 1. The zero-order chi connectivity index (χ0) is 11.9. The molecule has 0 unspecified atom stereocenters. The van der Waals surface area contributed by atoms with E-state index in [4.69, 9.17) is 5.26 Å². The summed E-state index contributed by atoms with van der Waals surface area (Å²) in [5, 5.41) is 12.5. The Morgan fingerprint density at radius 1 is 1.35 bits per heavy atom. The Balaban J connectivity index is 2.04. The van der Waals surface area contributed by atoms with Gasteiger partial charge in [0.2, 0.25) is 0 Å². The molecule has 1 saturated carbocycles. The maximum absolute atomic E-state index is 8.99. The standard InChI is InChI=1S/C14H17N3/c1-17-13-8-11(9-15)4-5-12(13)16-10-14(17)6-2-3-7-14/h4-5,8,16H,2-3,6-7,10H2,1H3. The third kappa shape index (κ3) is 1.48. The Bertz CT molecular complexity index is 481. The van der Waals surface area contributed by atoms with Crippen molar-refractivity contribution < 1.29 is 0 Å². The Kier molecular flexibility index (Phi) is 2.25. The Morgan fingerprint density at radius 3 is 2.82 bits per heavy atom. The first-order valence-corrected chi connectivity index (χ1v) is 6.27. The van der Waals surface area contributed by atoms with Crippen LogP contribution in [0, 0.1) is 11.3 Å². The molecule has 3 nitrogen and oxygen atoms in total. The molecule has 1 aliphatic carbocycles. The number of hydrogen-bond acceptors (Lipinski definition) is 3. The number of nitrogens with zero attached hydrogens (tertiary/aromatic N) is 2. The van der Waals surface area contributed by atoms with Gasteiger partial charge in [0, 0.05) is 13.6 Å². The van der Waals surface area contributed by atoms with Crippen LogP contribution in [0.1, 0.15) is 31.2 Å². The molecule has 1 aromatic rings. The van der Waals surface area contributed by atoms with Crippen molar-refractivity contribution in [3.63, 3.8) is 0 Å². The molecule has 0 atom stereocenters. The monoisotopic (exact) mass is 227 g/mol. The lowest BCUT2D eigenvalue weighted by Crippen LogP contribution is -2.52. The molecule has 1 aliphatic heterocycles. The van der Waals surface area contributed by atoms with Gasteiger partial charge < -0.3 is 10.2 Å². The molecule has 88 valence electrons. The van der Waals surface area contributed by atoms with Crippen molar-refractivity contribution in [2.24, 2.45) is 0 Å². The van der Waals surface area contributed by atoms with Crippen LogP contribution < -0.4 is 10.2 Å². The van der Waals surface area contributed by atoms with Gasteiger partial charge in [-0.3, -0.25) is 0 Å². The molecular weight excluding hydrogens is 210 g/mol. The number of rotatable bonds is 0. The Labute approximate surface area is 102 Å². The Morgan fingerprint density at radius 2 is 2.12 bits per heavy atom. The van der Waals surface area contributed by atoms with Crippen molar-refractivity contribution in [3.8, 4) is 6.07 Å². The lowest BCUT2D eigenvalue weighted by atomic mass is 9.91. The van der Waals surface area contributed by atoms with E-state index < -0.39 is 0 Å². The van der Waals surface area contributed by atoms with Crippen LogP contribution in [0.25, 0.3) is 0 Å². The van der Waals surface area contributed by atoms with Crippen LogP contribution in [0.4, 0.5) is 11.4 Å². The maximum Gasteiger partial charge on any atom is 0.0992 e. The highest BCUT2D eigenvalue weighted by molar-refractivity contribution is 5.75. The SMILES string of the molecule is CN1c2cc(C#N)ccc2NCC12CCCC2. The normalized spacial score (nSPS) is 20.8. The minimum atomic E-state index is 0.279. The van der Waals surface area contributed by atoms with Gasteiger partial charge in [-0.05, 0) is 31.0 Å². The molecule has 1 fully saturated rings. The van der Waals surface area contributed by atoms with Gasteiger partial charge >= 0.3 is 0 Å². The van der Waals surface area contributed by atoms with Crippen molar-refractivity contribution in [2.75, 3.05) is 23.8 Å². The van der Waals surface area contributed by atoms with Crippen molar-refractivity contribution in [1.82, 2.24) is 0 Å². The predicted molar refractivity (Wildman–Crippen MR) is 69.2 cm³/mol. The van der Waals surface area contributed by atoms with Gasteiger partial charge in [-0.2, -0.15) is 5.26 Å². The lowest BCUT2D eigenvalue weighted by molar-refractivity contribution is 0.429. The molecule has 0 bridgehead atoms. The lowest BCUT2D eigenvalue weighted by Gasteiger charge is -2.45. The molecule has 17 heavy (non-hydrogen) atoms. The van der Waals surface area contributed by atoms with Crippen LogP contribution in [0.5, 0.6) is 0 Å². The van der Waals surface area contributed by atoms with Gasteiger partial charge in [0.1, 0.15) is 0 Å². The van der Waals surface area contributed by atoms with Gasteiger partial charge in [0.25, 0.3) is 0 Å². The number of nitrogens with one attached hydrogen (secondary N) is 1. The summed E-state index contributed by atoms with van der Waals surface area (Å²) < 4.78 is 0. The van der Waals surface area contributed by atoms with Crippen molar-refractivity contribution in [2.45, 2.75) is 31.2 Å². The molecule has 0 aromatic heterocycles. The molecule has 3 heteroatoms. The van der Waals surface area contributed by atoms with E-state index in [1.165, 1.54) is 31.4 Å². The van der Waals surface area contributed by atoms with E-state index in [-0.39, 0.29) is 5.54 Å². The molecule has 1 heterocycles. The minimum absolute atomic E-state index is 0.279. The Hall–Kier alpha value is -1.69. The van der Waals surface area contributed by atoms with Crippen molar-refractivity contribution in [3.05, 3.63) is 23.8 Å². The molecule has 3 rings (SSSR count). The van der Waals surface area contributed by atoms with E-state index in [0.717, 1.165) is 17.8 Å². The smallest absolute Gasteiger partial charge is 0.0992 e.